The third-order valence-corrected chi connectivity index (χ3v) is 3.72. The summed E-state index contributed by atoms with van der Waals surface area (Å²) in [6.07, 6.45) is 1.68. The molecular weight excluding hydrogens is 322 g/mol. The molecule has 1 fully saturated rings. The van der Waals surface area contributed by atoms with E-state index in [1.54, 1.807) is 32.9 Å². The third-order valence-electron chi connectivity index (χ3n) is 3.72. The van der Waals surface area contributed by atoms with Crippen molar-refractivity contribution in [3.05, 3.63) is 29.8 Å². The van der Waals surface area contributed by atoms with Crippen LogP contribution in [0.4, 0.5) is 9.59 Å². The van der Waals surface area contributed by atoms with Crippen molar-refractivity contribution >= 4 is 12.2 Å². The molecule has 0 aromatic heterocycles. The number of unbranched alkanes of at least 4 members (excludes halogenated alkanes) is 1. The molecule has 138 valence electrons. The molecule has 0 saturated heterocycles. The van der Waals surface area contributed by atoms with E-state index < -0.39 is 11.8 Å². The van der Waals surface area contributed by atoms with Gasteiger partial charge in [-0.3, -0.25) is 0 Å². The van der Waals surface area contributed by atoms with Gasteiger partial charge in [0.25, 0.3) is 0 Å². The molecule has 6 heteroatoms. The number of nitrogens with one attached hydrogen (secondary N) is 1. The van der Waals surface area contributed by atoms with Crippen LogP contribution in [-0.2, 0) is 9.47 Å². The summed E-state index contributed by atoms with van der Waals surface area (Å²) in [5.74, 6) is 0.705. The average Bonchev–Trinajstić information content (AvgIpc) is 3.25. The number of hydrogen-bond acceptors (Lipinski definition) is 5. The molecule has 2 atom stereocenters. The molecule has 1 aromatic carbocycles. The lowest BCUT2D eigenvalue weighted by molar-refractivity contribution is 0.0206. The lowest BCUT2D eigenvalue weighted by Gasteiger charge is -2.18. The zero-order valence-corrected chi connectivity index (χ0v) is 15.3. The maximum Gasteiger partial charge on any atom is 0.514 e. The highest BCUT2D eigenvalue weighted by molar-refractivity contribution is 5.68. The molecule has 1 aliphatic carbocycles. The molecule has 25 heavy (non-hydrogen) atoms. The Bertz CT molecular complexity index is 591. The Kier molecular flexibility index (Phi) is 6.28. The second-order valence-corrected chi connectivity index (χ2v) is 7.22. The number of alkyl carbamates (subject to hydrolysis) is 1. The highest BCUT2D eigenvalue weighted by atomic mass is 16.7. The molecular formula is C19H27NO5. The first-order valence-corrected chi connectivity index (χ1v) is 8.72. The van der Waals surface area contributed by atoms with Gasteiger partial charge in [-0.25, -0.2) is 9.59 Å². The van der Waals surface area contributed by atoms with E-state index in [9.17, 15) is 9.59 Å². The van der Waals surface area contributed by atoms with E-state index in [1.807, 2.05) is 19.1 Å². The minimum absolute atomic E-state index is 0.103. The summed E-state index contributed by atoms with van der Waals surface area (Å²) in [4.78, 5) is 23.3. The number of benzene rings is 1. The zero-order valence-electron chi connectivity index (χ0n) is 15.3. The normalized spacial score (nSPS) is 19.0. The van der Waals surface area contributed by atoms with Crippen LogP contribution in [0.3, 0.4) is 0 Å². The fourth-order valence-corrected chi connectivity index (χ4v) is 2.38. The van der Waals surface area contributed by atoms with Gasteiger partial charge in [-0.2, -0.15) is 0 Å². The Morgan fingerprint density at radius 2 is 1.88 bits per heavy atom. The Labute approximate surface area is 148 Å². The maximum atomic E-state index is 11.6. The highest BCUT2D eigenvalue weighted by Gasteiger charge is 2.39. The van der Waals surface area contributed by atoms with Gasteiger partial charge in [0.2, 0.25) is 0 Å². The van der Waals surface area contributed by atoms with Crippen molar-refractivity contribution in [2.75, 3.05) is 6.61 Å². The minimum atomic E-state index is -0.721. The summed E-state index contributed by atoms with van der Waals surface area (Å²) in [5.41, 5.74) is 0.505. The van der Waals surface area contributed by atoms with Gasteiger partial charge in [0, 0.05) is 12.0 Å². The number of carbonyl (C=O) groups is 2. The van der Waals surface area contributed by atoms with Crippen LogP contribution < -0.4 is 10.1 Å². The van der Waals surface area contributed by atoms with Crippen LogP contribution >= 0.6 is 0 Å². The van der Waals surface area contributed by atoms with E-state index in [1.165, 1.54) is 0 Å². The van der Waals surface area contributed by atoms with Crippen LogP contribution in [0.2, 0.25) is 0 Å². The van der Waals surface area contributed by atoms with Crippen molar-refractivity contribution < 1.29 is 23.8 Å². The monoisotopic (exact) mass is 349 g/mol. The van der Waals surface area contributed by atoms with Gasteiger partial charge in [0.05, 0.1) is 6.61 Å². The molecule has 1 N–H and O–H groups in total. The SMILES string of the molecule is CCCCOC(=O)NC1CC1c1ccc(OC(=O)OC(C)(C)C)cc1. The van der Waals surface area contributed by atoms with E-state index in [2.05, 4.69) is 5.32 Å². The third kappa shape index (κ3) is 6.64. The van der Waals surface area contributed by atoms with E-state index >= 15 is 0 Å². The standard InChI is InChI=1S/C19H27NO5/c1-5-6-11-23-17(21)20-16-12-15(16)13-7-9-14(10-8-13)24-18(22)25-19(2,3)4/h7-10,15-16H,5-6,11-12H2,1-4H3,(H,20,21). The molecule has 0 spiro atoms. The molecule has 2 unspecified atom stereocenters. The summed E-state index contributed by atoms with van der Waals surface area (Å²) in [6.45, 7) is 7.85. The van der Waals surface area contributed by atoms with Crippen LogP contribution in [0, 0.1) is 0 Å². The Morgan fingerprint density at radius 1 is 1.20 bits per heavy atom. The summed E-state index contributed by atoms with van der Waals surface area (Å²) in [7, 11) is 0. The van der Waals surface area contributed by atoms with Crippen LogP contribution in [0.5, 0.6) is 5.75 Å². The average molecular weight is 349 g/mol. The highest BCUT2D eigenvalue weighted by Crippen LogP contribution is 2.41. The van der Waals surface area contributed by atoms with Crippen molar-refractivity contribution in [1.29, 1.82) is 0 Å². The van der Waals surface area contributed by atoms with Gasteiger partial charge in [0.15, 0.2) is 0 Å². The predicted molar refractivity (Wildman–Crippen MR) is 93.8 cm³/mol. The maximum absolute atomic E-state index is 11.6. The van der Waals surface area contributed by atoms with Gasteiger partial charge in [-0.15, -0.1) is 0 Å². The minimum Gasteiger partial charge on any atom is -0.450 e. The van der Waals surface area contributed by atoms with Crippen LogP contribution in [0.1, 0.15) is 58.4 Å². The topological polar surface area (TPSA) is 73.9 Å². The van der Waals surface area contributed by atoms with Gasteiger partial charge in [-0.1, -0.05) is 25.5 Å². The number of rotatable bonds is 6. The van der Waals surface area contributed by atoms with E-state index in [0.29, 0.717) is 12.4 Å². The first kappa shape index (κ1) is 19.1. The first-order valence-electron chi connectivity index (χ1n) is 8.72. The van der Waals surface area contributed by atoms with Crippen molar-refractivity contribution in [2.45, 2.75) is 64.5 Å². The molecule has 0 heterocycles. The van der Waals surface area contributed by atoms with Gasteiger partial charge < -0.3 is 19.5 Å². The molecule has 6 nitrogen and oxygen atoms in total. The van der Waals surface area contributed by atoms with Crippen LogP contribution in [0.15, 0.2) is 24.3 Å². The Morgan fingerprint density at radius 3 is 2.48 bits per heavy atom. The molecule has 0 radical (unpaired) electrons. The Hall–Kier alpha value is -2.24. The smallest absolute Gasteiger partial charge is 0.450 e. The molecule has 0 aliphatic heterocycles. The molecule has 0 bridgehead atoms. The number of carbonyl (C=O) groups excluding carboxylic acids is 2. The summed E-state index contributed by atoms with van der Waals surface area (Å²) in [5, 5.41) is 2.87. The molecule has 2 rings (SSSR count). The summed E-state index contributed by atoms with van der Waals surface area (Å²) >= 11 is 0. The quantitative estimate of drug-likeness (QED) is 0.468. The summed E-state index contributed by atoms with van der Waals surface area (Å²) < 4.78 is 15.3. The predicted octanol–water partition coefficient (Wildman–Crippen LogP) is 4.38. The Balaban J connectivity index is 1.78. The second-order valence-electron chi connectivity index (χ2n) is 7.22. The molecule has 1 amide bonds. The van der Waals surface area contributed by atoms with E-state index in [0.717, 1.165) is 24.8 Å². The van der Waals surface area contributed by atoms with Crippen LogP contribution in [0.25, 0.3) is 0 Å². The second kappa shape index (κ2) is 8.23. The van der Waals surface area contributed by atoms with Crippen molar-refractivity contribution in [3.8, 4) is 5.75 Å². The van der Waals surface area contributed by atoms with Crippen LogP contribution in [-0.4, -0.2) is 30.5 Å². The number of hydrogen-bond donors (Lipinski definition) is 1. The van der Waals surface area contributed by atoms with Crippen molar-refractivity contribution in [1.82, 2.24) is 5.32 Å². The largest absolute Gasteiger partial charge is 0.514 e. The van der Waals surface area contributed by atoms with E-state index in [4.69, 9.17) is 14.2 Å². The molecule has 1 aliphatic rings. The fourth-order valence-electron chi connectivity index (χ4n) is 2.38. The van der Waals surface area contributed by atoms with Crippen molar-refractivity contribution in [2.24, 2.45) is 0 Å². The van der Waals surface area contributed by atoms with E-state index in [-0.39, 0.29) is 18.1 Å². The lowest BCUT2D eigenvalue weighted by Crippen LogP contribution is -2.27. The summed E-state index contributed by atoms with van der Waals surface area (Å²) in [6, 6.07) is 7.36. The van der Waals surface area contributed by atoms with Gasteiger partial charge in [-0.05, 0) is 51.3 Å². The number of amides is 1. The zero-order chi connectivity index (χ0) is 18.4. The fraction of sp³-hybridized carbons (Fsp3) is 0.579. The lowest BCUT2D eigenvalue weighted by atomic mass is 10.1. The molecule has 1 aromatic rings. The van der Waals surface area contributed by atoms with Gasteiger partial charge in [0.1, 0.15) is 11.4 Å². The first-order chi connectivity index (χ1) is 11.8. The van der Waals surface area contributed by atoms with Gasteiger partial charge >= 0.3 is 12.2 Å². The molecule has 1 saturated carbocycles. The van der Waals surface area contributed by atoms with Crippen molar-refractivity contribution in [3.63, 3.8) is 0 Å². The number of ether oxygens (including phenoxy) is 3.